The Kier molecular flexibility index (Phi) is 3.76. The highest BCUT2D eigenvalue weighted by Crippen LogP contribution is 2.26. The molecule has 2 aliphatic rings. The Morgan fingerprint density at radius 1 is 1.20 bits per heavy atom. The Bertz CT molecular complexity index is 471. The molecule has 5 nitrogen and oxygen atoms in total. The number of nitrogens with one attached hydrogen (secondary N) is 1. The van der Waals surface area contributed by atoms with Gasteiger partial charge >= 0.3 is 0 Å². The fourth-order valence-electron chi connectivity index (χ4n) is 2.79. The highest BCUT2D eigenvalue weighted by atomic mass is 16.3. The lowest BCUT2D eigenvalue weighted by Gasteiger charge is -2.34. The topological polar surface area (TPSA) is 62.6 Å². The molecule has 1 aliphatic carbocycles. The van der Waals surface area contributed by atoms with E-state index < -0.39 is 0 Å². The van der Waals surface area contributed by atoms with Crippen molar-refractivity contribution in [1.29, 1.82) is 0 Å². The van der Waals surface area contributed by atoms with Gasteiger partial charge in [-0.1, -0.05) is 6.42 Å². The summed E-state index contributed by atoms with van der Waals surface area (Å²) >= 11 is 0. The molecule has 2 amide bonds. The molecule has 0 spiro atoms. The lowest BCUT2D eigenvalue weighted by atomic mass is 9.84. The maximum absolute atomic E-state index is 12.1. The van der Waals surface area contributed by atoms with Crippen LogP contribution in [0.25, 0.3) is 0 Å². The van der Waals surface area contributed by atoms with Gasteiger partial charge in [0.1, 0.15) is 6.26 Å². The van der Waals surface area contributed by atoms with Crippen LogP contribution in [-0.2, 0) is 4.79 Å². The van der Waals surface area contributed by atoms with Crippen LogP contribution in [0.15, 0.2) is 23.0 Å². The Labute approximate surface area is 118 Å². The number of likely N-dealkylation sites (tertiary alicyclic amines) is 1. The molecule has 108 valence electrons. The van der Waals surface area contributed by atoms with Crippen LogP contribution in [0.5, 0.6) is 0 Å². The van der Waals surface area contributed by atoms with Crippen molar-refractivity contribution in [2.24, 2.45) is 5.92 Å². The molecule has 3 rings (SSSR count). The Hall–Kier alpha value is -1.78. The Morgan fingerprint density at radius 3 is 2.50 bits per heavy atom. The van der Waals surface area contributed by atoms with Crippen LogP contribution < -0.4 is 5.32 Å². The van der Waals surface area contributed by atoms with Gasteiger partial charge in [-0.15, -0.1) is 0 Å². The molecule has 1 aromatic rings. The van der Waals surface area contributed by atoms with Gasteiger partial charge in [0.25, 0.3) is 5.91 Å². The number of rotatable bonds is 3. The molecule has 0 aromatic carbocycles. The molecule has 1 aromatic heterocycles. The molecule has 0 bridgehead atoms. The largest absolute Gasteiger partial charge is 0.472 e. The zero-order valence-electron chi connectivity index (χ0n) is 11.5. The van der Waals surface area contributed by atoms with Crippen molar-refractivity contribution < 1.29 is 14.0 Å². The van der Waals surface area contributed by atoms with Gasteiger partial charge in [0, 0.05) is 25.0 Å². The number of carbonyl (C=O) groups excluding carboxylic acids is 2. The molecule has 1 saturated heterocycles. The minimum atomic E-state index is 0.0162. The van der Waals surface area contributed by atoms with Crippen LogP contribution in [-0.4, -0.2) is 35.8 Å². The quantitative estimate of drug-likeness (QED) is 0.915. The minimum absolute atomic E-state index is 0.0162. The first-order chi connectivity index (χ1) is 9.74. The Balaban J connectivity index is 1.47. The van der Waals surface area contributed by atoms with Crippen molar-refractivity contribution in [2.75, 3.05) is 13.1 Å². The monoisotopic (exact) mass is 276 g/mol. The number of furan rings is 1. The van der Waals surface area contributed by atoms with Crippen LogP contribution in [0.1, 0.15) is 42.5 Å². The van der Waals surface area contributed by atoms with Crippen LogP contribution >= 0.6 is 0 Å². The molecule has 0 unspecified atom stereocenters. The highest BCUT2D eigenvalue weighted by Gasteiger charge is 2.29. The normalized spacial score (nSPS) is 20.5. The molecular weight excluding hydrogens is 256 g/mol. The number of hydrogen-bond acceptors (Lipinski definition) is 3. The molecule has 2 heterocycles. The average molecular weight is 276 g/mol. The zero-order valence-corrected chi connectivity index (χ0v) is 11.5. The van der Waals surface area contributed by atoms with Gasteiger partial charge in [-0.05, 0) is 31.7 Å². The van der Waals surface area contributed by atoms with Crippen molar-refractivity contribution in [3.05, 3.63) is 24.2 Å². The third kappa shape index (κ3) is 2.71. The van der Waals surface area contributed by atoms with E-state index in [4.69, 9.17) is 4.42 Å². The first kappa shape index (κ1) is 13.2. The van der Waals surface area contributed by atoms with Crippen LogP contribution in [0, 0.1) is 5.92 Å². The molecule has 20 heavy (non-hydrogen) atoms. The predicted molar refractivity (Wildman–Crippen MR) is 73.1 cm³/mol. The van der Waals surface area contributed by atoms with Crippen molar-refractivity contribution in [3.63, 3.8) is 0 Å². The van der Waals surface area contributed by atoms with Gasteiger partial charge in [0.15, 0.2) is 0 Å². The zero-order chi connectivity index (χ0) is 13.9. The van der Waals surface area contributed by atoms with Gasteiger partial charge < -0.3 is 14.6 Å². The summed E-state index contributed by atoms with van der Waals surface area (Å²) in [5, 5.41) is 3.12. The third-order valence-corrected chi connectivity index (χ3v) is 4.37. The summed E-state index contributed by atoms with van der Waals surface area (Å²) in [5.41, 5.74) is 0.599. The smallest absolute Gasteiger partial charge is 0.257 e. The van der Waals surface area contributed by atoms with E-state index in [0.717, 1.165) is 25.7 Å². The van der Waals surface area contributed by atoms with Gasteiger partial charge in [-0.3, -0.25) is 9.59 Å². The van der Waals surface area contributed by atoms with Gasteiger partial charge in [0.2, 0.25) is 5.91 Å². The fourth-order valence-corrected chi connectivity index (χ4v) is 2.79. The molecule has 5 heteroatoms. The summed E-state index contributed by atoms with van der Waals surface area (Å²) < 4.78 is 4.94. The van der Waals surface area contributed by atoms with Crippen LogP contribution in [0.3, 0.4) is 0 Å². The molecule has 2 fully saturated rings. The fraction of sp³-hybridized carbons (Fsp3) is 0.600. The second-order valence-corrected chi connectivity index (χ2v) is 5.71. The first-order valence-electron chi connectivity index (χ1n) is 7.36. The molecule has 1 aliphatic heterocycles. The van der Waals surface area contributed by atoms with E-state index in [1.807, 2.05) is 4.90 Å². The van der Waals surface area contributed by atoms with Crippen LogP contribution in [0.2, 0.25) is 0 Å². The molecule has 0 atom stereocenters. The van der Waals surface area contributed by atoms with E-state index in [2.05, 4.69) is 5.32 Å². The molecule has 1 N–H and O–H groups in total. The van der Waals surface area contributed by atoms with E-state index in [-0.39, 0.29) is 23.8 Å². The van der Waals surface area contributed by atoms with E-state index in [1.54, 1.807) is 6.07 Å². The summed E-state index contributed by atoms with van der Waals surface area (Å²) in [6.07, 6.45) is 7.90. The number of amides is 2. The SMILES string of the molecule is O=C(NC1CCN(C(=O)c2ccoc2)CC1)C1CCC1. The predicted octanol–water partition coefficient (Wildman–Crippen LogP) is 1.80. The summed E-state index contributed by atoms with van der Waals surface area (Å²) in [6.45, 7) is 1.39. The van der Waals surface area contributed by atoms with E-state index in [0.29, 0.717) is 18.7 Å². The average Bonchev–Trinajstić information content (AvgIpc) is 2.90. The van der Waals surface area contributed by atoms with Crippen molar-refractivity contribution in [1.82, 2.24) is 10.2 Å². The molecule has 0 radical (unpaired) electrons. The van der Waals surface area contributed by atoms with Crippen molar-refractivity contribution in [2.45, 2.75) is 38.1 Å². The lowest BCUT2D eigenvalue weighted by Crippen LogP contribution is -2.48. The number of hydrogen-bond donors (Lipinski definition) is 1. The van der Waals surface area contributed by atoms with Gasteiger partial charge in [-0.2, -0.15) is 0 Å². The number of carbonyl (C=O) groups is 2. The second kappa shape index (κ2) is 5.69. The third-order valence-electron chi connectivity index (χ3n) is 4.37. The Morgan fingerprint density at radius 2 is 1.95 bits per heavy atom. The summed E-state index contributed by atoms with van der Waals surface area (Å²) in [5.74, 6) is 0.457. The van der Waals surface area contributed by atoms with E-state index in [9.17, 15) is 9.59 Å². The van der Waals surface area contributed by atoms with Crippen molar-refractivity contribution >= 4 is 11.8 Å². The van der Waals surface area contributed by atoms with E-state index in [1.165, 1.54) is 18.9 Å². The first-order valence-corrected chi connectivity index (χ1v) is 7.36. The van der Waals surface area contributed by atoms with Crippen molar-refractivity contribution in [3.8, 4) is 0 Å². The van der Waals surface area contributed by atoms with Crippen LogP contribution in [0.4, 0.5) is 0 Å². The number of piperidine rings is 1. The second-order valence-electron chi connectivity index (χ2n) is 5.71. The molecule has 1 saturated carbocycles. The van der Waals surface area contributed by atoms with Gasteiger partial charge in [-0.25, -0.2) is 0 Å². The van der Waals surface area contributed by atoms with Gasteiger partial charge in [0.05, 0.1) is 11.8 Å². The van der Waals surface area contributed by atoms with E-state index >= 15 is 0 Å². The summed E-state index contributed by atoms with van der Waals surface area (Å²) in [4.78, 5) is 25.9. The minimum Gasteiger partial charge on any atom is -0.472 e. The lowest BCUT2D eigenvalue weighted by molar-refractivity contribution is -0.128. The standard InChI is InChI=1S/C15H20N2O3/c18-14(11-2-1-3-11)16-13-4-7-17(8-5-13)15(19)12-6-9-20-10-12/h6,9-11,13H,1-5,7-8H2,(H,16,18). The number of nitrogens with zero attached hydrogens (tertiary/aromatic N) is 1. The molecular formula is C15H20N2O3. The summed E-state index contributed by atoms with van der Waals surface area (Å²) in [6, 6.07) is 1.91. The highest BCUT2D eigenvalue weighted by molar-refractivity contribution is 5.93. The maximum Gasteiger partial charge on any atom is 0.257 e. The maximum atomic E-state index is 12.1. The summed E-state index contributed by atoms with van der Waals surface area (Å²) in [7, 11) is 0.